The number of anilines is 1. The van der Waals surface area contributed by atoms with E-state index in [0.717, 1.165) is 17.3 Å². The molecule has 0 saturated carbocycles. The van der Waals surface area contributed by atoms with E-state index >= 15 is 0 Å². The van der Waals surface area contributed by atoms with Crippen LogP contribution in [0.2, 0.25) is 0 Å². The molecule has 0 unspecified atom stereocenters. The second kappa shape index (κ2) is 7.71. The number of benzene rings is 2. The van der Waals surface area contributed by atoms with Crippen LogP contribution in [0.5, 0.6) is 11.5 Å². The highest BCUT2D eigenvalue weighted by molar-refractivity contribution is 6.03. The van der Waals surface area contributed by atoms with Crippen molar-refractivity contribution in [2.45, 2.75) is 26.4 Å². The summed E-state index contributed by atoms with van der Waals surface area (Å²) in [6.45, 7) is 3.30. The van der Waals surface area contributed by atoms with Gasteiger partial charge in [-0.1, -0.05) is 0 Å². The minimum absolute atomic E-state index is 0.0783. The summed E-state index contributed by atoms with van der Waals surface area (Å²) in [6, 6.07) is 7.19. The lowest BCUT2D eigenvalue weighted by Crippen LogP contribution is -2.26. The molecule has 2 aromatic rings. The predicted molar refractivity (Wildman–Crippen MR) is 107 cm³/mol. The van der Waals surface area contributed by atoms with Crippen LogP contribution in [-0.2, 0) is 16.0 Å². The maximum absolute atomic E-state index is 12.8. The lowest BCUT2D eigenvalue weighted by Gasteiger charge is -2.16. The highest BCUT2D eigenvalue weighted by atomic mass is 16.7. The lowest BCUT2D eigenvalue weighted by molar-refractivity contribution is -0.385. The number of Topliss-reactive ketones (excluding diaryl/α,β-unsaturated/α-hetero) is 1. The van der Waals surface area contributed by atoms with Crippen LogP contribution in [0.3, 0.4) is 0 Å². The number of hydrogen-bond donors (Lipinski definition) is 0. The molecule has 1 atom stereocenters. The molecular weight excluding hydrogens is 408 g/mol. The van der Waals surface area contributed by atoms with E-state index in [-0.39, 0.29) is 29.8 Å². The summed E-state index contributed by atoms with van der Waals surface area (Å²) >= 11 is 0. The molecule has 2 aliphatic heterocycles. The third-order valence-corrected chi connectivity index (χ3v) is 5.20. The number of carbonyl (C=O) groups is 3. The van der Waals surface area contributed by atoms with Crippen molar-refractivity contribution in [2.75, 3.05) is 18.2 Å². The van der Waals surface area contributed by atoms with Crippen LogP contribution in [0.4, 0.5) is 11.4 Å². The van der Waals surface area contributed by atoms with Gasteiger partial charge in [0.05, 0.1) is 11.0 Å². The van der Waals surface area contributed by atoms with Crippen molar-refractivity contribution in [1.29, 1.82) is 0 Å². The number of carbonyl (C=O) groups excluding carboxylic acids is 3. The van der Waals surface area contributed by atoms with Gasteiger partial charge < -0.3 is 19.1 Å². The van der Waals surface area contributed by atoms with Gasteiger partial charge in [0.25, 0.3) is 5.69 Å². The quantitative estimate of drug-likeness (QED) is 0.309. The molecule has 2 heterocycles. The van der Waals surface area contributed by atoms with Gasteiger partial charge in [0.2, 0.25) is 18.5 Å². The van der Waals surface area contributed by atoms with Gasteiger partial charge in [-0.05, 0) is 37.1 Å². The maximum atomic E-state index is 12.8. The Morgan fingerprint density at radius 1 is 1.16 bits per heavy atom. The molecule has 2 aliphatic rings. The maximum Gasteiger partial charge on any atom is 0.346 e. The fraction of sp³-hybridized carbons (Fsp3) is 0.286. The average molecular weight is 426 g/mol. The number of hydrogen-bond acceptors (Lipinski definition) is 8. The number of fused-ring (bicyclic) bond motifs is 2. The van der Waals surface area contributed by atoms with E-state index in [1.165, 1.54) is 19.9 Å². The Bertz CT molecular complexity index is 1130. The van der Waals surface area contributed by atoms with Gasteiger partial charge in [-0.15, -0.1) is 0 Å². The van der Waals surface area contributed by atoms with Crippen LogP contribution in [0, 0.1) is 10.1 Å². The molecule has 0 bridgehead atoms. The first-order valence-electron chi connectivity index (χ1n) is 9.50. The summed E-state index contributed by atoms with van der Waals surface area (Å²) in [5.41, 5.74) is 1.09. The van der Waals surface area contributed by atoms with E-state index in [2.05, 4.69) is 0 Å². The van der Waals surface area contributed by atoms with Crippen molar-refractivity contribution in [2.24, 2.45) is 0 Å². The largest absolute Gasteiger partial charge is 0.454 e. The van der Waals surface area contributed by atoms with E-state index in [1.807, 2.05) is 0 Å². The molecular formula is C21H18N2O8. The Labute approximate surface area is 176 Å². The Morgan fingerprint density at radius 2 is 1.87 bits per heavy atom. The minimum Gasteiger partial charge on any atom is -0.454 e. The fourth-order valence-corrected chi connectivity index (χ4v) is 3.64. The smallest absolute Gasteiger partial charge is 0.346 e. The minimum atomic E-state index is -1.18. The summed E-state index contributed by atoms with van der Waals surface area (Å²) < 4.78 is 15.5. The van der Waals surface area contributed by atoms with Crippen LogP contribution in [-0.4, -0.2) is 42.0 Å². The van der Waals surface area contributed by atoms with Crippen LogP contribution in [0.15, 0.2) is 30.3 Å². The number of amides is 1. The van der Waals surface area contributed by atoms with Gasteiger partial charge in [-0.2, -0.15) is 0 Å². The topological polar surface area (TPSA) is 125 Å². The molecule has 10 heteroatoms. The molecule has 10 nitrogen and oxygen atoms in total. The number of ketones is 1. The highest BCUT2D eigenvalue weighted by Gasteiger charge is 2.31. The first kappa shape index (κ1) is 20.3. The number of esters is 1. The van der Waals surface area contributed by atoms with E-state index < -0.39 is 28.5 Å². The Kier molecular flexibility index (Phi) is 5.05. The lowest BCUT2D eigenvalue weighted by atomic mass is 10.0. The number of nitrogens with zero attached hydrogens (tertiary/aromatic N) is 2. The Balaban J connectivity index is 1.53. The SMILES string of the molecule is CC(=O)N1CCc2cc(C(=O)[C@@H](C)OC(=O)c3cc4c(cc3[N+](=O)[O-])OCO4)ccc21. The van der Waals surface area contributed by atoms with Gasteiger partial charge in [-0.3, -0.25) is 19.7 Å². The van der Waals surface area contributed by atoms with Gasteiger partial charge in [-0.25, -0.2) is 4.79 Å². The Morgan fingerprint density at radius 3 is 2.55 bits per heavy atom. The molecule has 4 rings (SSSR count). The molecule has 0 N–H and O–H groups in total. The van der Waals surface area contributed by atoms with Crippen LogP contribution in [0.1, 0.15) is 40.1 Å². The van der Waals surface area contributed by atoms with Gasteiger partial charge in [0, 0.05) is 30.8 Å². The summed E-state index contributed by atoms with van der Waals surface area (Å²) in [4.78, 5) is 49.3. The second-order valence-electron chi connectivity index (χ2n) is 7.16. The highest BCUT2D eigenvalue weighted by Crippen LogP contribution is 2.38. The van der Waals surface area contributed by atoms with Crippen molar-refractivity contribution in [3.8, 4) is 11.5 Å². The number of nitro benzene ring substituents is 1. The summed E-state index contributed by atoms with van der Waals surface area (Å²) in [5, 5.41) is 11.4. The third kappa shape index (κ3) is 3.67. The van der Waals surface area contributed by atoms with E-state index in [9.17, 15) is 24.5 Å². The first-order chi connectivity index (χ1) is 14.8. The molecule has 0 aliphatic carbocycles. The summed E-state index contributed by atoms with van der Waals surface area (Å²) in [6.07, 6.45) is -0.561. The zero-order valence-electron chi connectivity index (χ0n) is 16.7. The van der Waals surface area contributed by atoms with Crippen molar-refractivity contribution >= 4 is 29.0 Å². The van der Waals surface area contributed by atoms with Crippen molar-refractivity contribution in [3.63, 3.8) is 0 Å². The van der Waals surface area contributed by atoms with E-state index in [1.54, 1.807) is 23.1 Å². The monoisotopic (exact) mass is 426 g/mol. The number of ether oxygens (including phenoxy) is 3. The van der Waals surface area contributed by atoms with Crippen molar-refractivity contribution in [1.82, 2.24) is 0 Å². The molecule has 2 aromatic carbocycles. The average Bonchev–Trinajstić information content (AvgIpc) is 3.37. The van der Waals surface area contributed by atoms with Crippen molar-refractivity contribution in [3.05, 3.63) is 57.1 Å². The van der Waals surface area contributed by atoms with Crippen LogP contribution in [0.25, 0.3) is 0 Å². The van der Waals surface area contributed by atoms with Crippen LogP contribution >= 0.6 is 0 Å². The van der Waals surface area contributed by atoms with E-state index in [0.29, 0.717) is 18.5 Å². The molecule has 0 saturated heterocycles. The Hall–Kier alpha value is -3.95. The van der Waals surface area contributed by atoms with Gasteiger partial charge in [0.15, 0.2) is 17.6 Å². The zero-order valence-corrected chi connectivity index (χ0v) is 16.7. The van der Waals surface area contributed by atoms with Gasteiger partial charge >= 0.3 is 5.97 Å². The zero-order chi connectivity index (χ0) is 22.3. The normalized spacial score (nSPS) is 14.7. The molecule has 31 heavy (non-hydrogen) atoms. The molecule has 1 amide bonds. The first-order valence-corrected chi connectivity index (χ1v) is 9.50. The number of nitro groups is 1. The van der Waals surface area contributed by atoms with E-state index in [4.69, 9.17) is 14.2 Å². The number of rotatable bonds is 5. The van der Waals surface area contributed by atoms with Gasteiger partial charge in [0.1, 0.15) is 5.56 Å². The molecule has 0 aromatic heterocycles. The molecule has 0 radical (unpaired) electrons. The standard InChI is InChI=1S/C21H18N2O8/c1-11(20(25)14-3-4-16-13(7-14)5-6-22(16)12(2)24)31-21(26)15-8-18-19(30-10-29-18)9-17(15)23(27)28/h3-4,7-9,11H,5-6,10H2,1-2H3/t11-/m1/s1. The molecule has 0 spiro atoms. The predicted octanol–water partition coefficient (Wildman–Crippen LogP) is 2.66. The molecule has 160 valence electrons. The molecule has 0 fully saturated rings. The summed E-state index contributed by atoms with van der Waals surface area (Å²) in [5.74, 6) is -1.21. The summed E-state index contributed by atoms with van der Waals surface area (Å²) in [7, 11) is 0. The second-order valence-corrected chi connectivity index (χ2v) is 7.16. The third-order valence-electron chi connectivity index (χ3n) is 5.20. The fourth-order valence-electron chi connectivity index (χ4n) is 3.64. The van der Waals surface area contributed by atoms with Crippen LogP contribution < -0.4 is 14.4 Å². The van der Waals surface area contributed by atoms with Crippen molar-refractivity contribution < 1.29 is 33.5 Å².